The number of hydrogen-bond acceptors (Lipinski definition) is 3. The Morgan fingerprint density at radius 2 is 2.47 bits per heavy atom. The molecule has 1 spiro atoms. The van der Waals surface area contributed by atoms with Gasteiger partial charge in [-0.25, -0.2) is 4.79 Å². The van der Waals surface area contributed by atoms with Gasteiger partial charge in [0.25, 0.3) is 0 Å². The lowest BCUT2D eigenvalue weighted by Crippen LogP contribution is -2.24. The van der Waals surface area contributed by atoms with Gasteiger partial charge in [0, 0.05) is 11.5 Å². The Morgan fingerprint density at radius 1 is 1.60 bits per heavy atom. The Labute approximate surface area is 89.8 Å². The van der Waals surface area contributed by atoms with E-state index in [-0.39, 0.29) is 11.4 Å². The zero-order valence-electron chi connectivity index (χ0n) is 8.99. The van der Waals surface area contributed by atoms with Gasteiger partial charge in [0.15, 0.2) is 0 Å². The normalized spacial score (nSPS) is 32.5. The number of carbonyl (C=O) groups is 1. The van der Waals surface area contributed by atoms with Crippen LogP contribution in [0.2, 0.25) is 0 Å². The summed E-state index contributed by atoms with van der Waals surface area (Å²) in [5.41, 5.74) is 1.17. The maximum Gasteiger partial charge on any atom is 0.330 e. The molecule has 0 aromatic carbocycles. The van der Waals surface area contributed by atoms with Crippen molar-refractivity contribution in [3.05, 3.63) is 23.8 Å². The fourth-order valence-electron chi connectivity index (χ4n) is 2.31. The van der Waals surface area contributed by atoms with E-state index >= 15 is 0 Å². The molecule has 0 saturated carbocycles. The quantitative estimate of drug-likeness (QED) is 0.375. The van der Waals surface area contributed by atoms with Crippen LogP contribution in [0.1, 0.15) is 19.3 Å². The molecule has 1 aliphatic carbocycles. The number of ether oxygens (including phenoxy) is 2. The number of rotatable bonds is 1. The van der Waals surface area contributed by atoms with Crippen molar-refractivity contribution in [2.45, 2.75) is 19.3 Å². The van der Waals surface area contributed by atoms with Gasteiger partial charge in [0.1, 0.15) is 0 Å². The minimum absolute atomic E-state index is 0.0724. The predicted octanol–water partition coefficient (Wildman–Crippen LogP) is 1.84. The van der Waals surface area contributed by atoms with E-state index in [1.54, 1.807) is 6.08 Å². The molecule has 3 heteroatoms. The Balaban J connectivity index is 2.20. The predicted molar refractivity (Wildman–Crippen MR) is 56.3 cm³/mol. The molecule has 2 aliphatic rings. The van der Waals surface area contributed by atoms with Gasteiger partial charge in [-0.2, -0.15) is 0 Å². The number of methoxy groups -OCH3 is 1. The molecule has 82 valence electrons. The molecule has 2 rings (SSSR count). The maximum atomic E-state index is 11.2. The number of allylic oxidation sites excluding steroid dienone is 2. The van der Waals surface area contributed by atoms with Gasteiger partial charge >= 0.3 is 5.97 Å². The van der Waals surface area contributed by atoms with Crippen LogP contribution in [-0.2, 0) is 14.3 Å². The zero-order chi connectivity index (χ0) is 10.7. The summed E-state index contributed by atoms with van der Waals surface area (Å²) in [6.45, 7) is 1.31. The summed E-state index contributed by atoms with van der Waals surface area (Å²) in [5, 5.41) is 0. The van der Waals surface area contributed by atoms with E-state index < -0.39 is 0 Å². The van der Waals surface area contributed by atoms with Crippen LogP contribution in [0.4, 0.5) is 0 Å². The van der Waals surface area contributed by atoms with Crippen LogP contribution in [-0.4, -0.2) is 26.3 Å². The van der Waals surface area contributed by atoms with Gasteiger partial charge in [-0.05, 0) is 24.8 Å². The van der Waals surface area contributed by atoms with Gasteiger partial charge in [0.05, 0.1) is 20.3 Å². The lowest BCUT2D eigenvalue weighted by atomic mass is 9.73. The number of esters is 1. The topological polar surface area (TPSA) is 35.5 Å². The molecule has 1 fully saturated rings. The summed E-state index contributed by atoms with van der Waals surface area (Å²) in [5.74, 6) is -0.274. The van der Waals surface area contributed by atoms with Gasteiger partial charge in [0.2, 0.25) is 0 Å². The van der Waals surface area contributed by atoms with E-state index in [1.807, 2.05) is 0 Å². The summed E-state index contributed by atoms with van der Waals surface area (Å²) >= 11 is 0. The van der Waals surface area contributed by atoms with Crippen molar-refractivity contribution in [2.24, 2.45) is 5.41 Å². The third kappa shape index (κ3) is 1.97. The second-order valence-electron chi connectivity index (χ2n) is 4.18. The molecule has 0 radical (unpaired) electrons. The third-order valence-electron chi connectivity index (χ3n) is 3.28. The third-order valence-corrected chi connectivity index (χ3v) is 3.28. The second-order valence-corrected chi connectivity index (χ2v) is 4.18. The van der Waals surface area contributed by atoms with E-state index in [0.29, 0.717) is 6.61 Å². The molecule has 1 heterocycles. The van der Waals surface area contributed by atoms with Crippen molar-refractivity contribution in [3.63, 3.8) is 0 Å². The van der Waals surface area contributed by atoms with Gasteiger partial charge in [-0.15, -0.1) is 0 Å². The molecule has 0 aromatic rings. The van der Waals surface area contributed by atoms with E-state index in [4.69, 9.17) is 4.74 Å². The van der Waals surface area contributed by atoms with Crippen LogP contribution >= 0.6 is 0 Å². The van der Waals surface area contributed by atoms with Crippen LogP contribution in [0.3, 0.4) is 0 Å². The van der Waals surface area contributed by atoms with E-state index in [1.165, 1.54) is 7.11 Å². The highest BCUT2D eigenvalue weighted by atomic mass is 16.5. The number of hydrogen-bond donors (Lipinski definition) is 0. The largest absolute Gasteiger partial charge is 0.466 e. The molecular formula is C12H16O3. The Kier molecular flexibility index (Phi) is 2.91. The van der Waals surface area contributed by atoms with Crippen molar-refractivity contribution < 1.29 is 14.3 Å². The lowest BCUT2D eigenvalue weighted by Gasteiger charge is -2.30. The van der Waals surface area contributed by atoms with Crippen molar-refractivity contribution in [1.82, 2.24) is 0 Å². The highest BCUT2D eigenvalue weighted by Crippen LogP contribution is 2.43. The van der Waals surface area contributed by atoms with Gasteiger partial charge in [-0.3, -0.25) is 0 Å². The molecular weight excluding hydrogens is 192 g/mol. The average molecular weight is 208 g/mol. The van der Waals surface area contributed by atoms with Crippen LogP contribution in [0.15, 0.2) is 23.8 Å². The smallest absolute Gasteiger partial charge is 0.330 e. The number of carbonyl (C=O) groups excluding carboxylic acids is 1. The molecule has 0 bridgehead atoms. The van der Waals surface area contributed by atoms with Crippen molar-refractivity contribution >= 4 is 5.97 Å². The standard InChI is InChI=1S/C12H16O3/c1-14-11(13)7-10-8-15-9-12(10)5-3-2-4-6-12/h2-3,7H,4-6,8-9H2,1H3/b10-7+/t12-/m0/s1. The van der Waals surface area contributed by atoms with Gasteiger partial charge < -0.3 is 9.47 Å². The van der Waals surface area contributed by atoms with Crippen molar-refractivity contribution in [3.8, 4) is 0 Å². The summed E-state index contributed by atoms with van der Waals surface area (Å²) in [7, 11) is 1.41. The molecule has 0 N–H and O–H groups in total. The highest BCUT2D eigenvalue weighted by Gasteiger charge is 2.39. The van der Waals surface area contributed by atoms with Gasteiger partial charge in [-0.1, -0.05) is 12.2 Å². The Morgan fingerprint density at radius 3 is 3.13 bits per heavy atom. The SMILES string of the molecule is COC(=O)/C=C1\COC[C@@]12CC=CCC2. The molecule has 1 atom stereocenters. The molecule has 0 unspecified atom stereocenters. The molecule has 15 heavy (non-hydrogen) atoms. The fourth-order valence-corrected chi connectivity index (χ4v) is 2.31. The van der Waals surface area contributed by atoms with Crippen LogP contribution in [0.25, 0.3) is 0 Å². The first kappa shape index (κ1) is 10.4. The molecule has 3 nitrogen and oxygen atoms in total. The fraction of sp³-hybridized carbons (Fsp3) is 0.583. The second kappa shape index (κ2) is 4.19. The Hall–Kier alpha value is -1.09. The van der Waals surface area contributed by atoms with Crippen molar-refractivity contribution in [2.75, 3.05) is 20.3 Å². The molecule has 0 amide bonds. The van der Waals surface area contributed by atoms with Crippen LogP contribution in [0, 0.1) is 5.41 Å². The van der Waals surface area contributed by atoms with Crippen LogP contribution < -0.4 is 0 Å². The van der Waals surface area contributed by atoms with E-state index in [0.717, 1.165) is 31.4 Å². The zero-order valence-corrected chi connectivity index (χ0v) is 8.99. The molecule has 0 aromatic heterocycles. The summed E-state index contributed by atoms with van der Waals surface area (Å²) < 4.78 is 10.1. The minimum atomic E-state index is -0.274. The van der Waals surface area contributed by atoms with Crippen molar-refractivity contribution in [1.29, 1.82) is 0 Å². The van der Waals surface area contributed by atoms with E-state index in [2.05, 4.69) is 16.9 Å². The molecule has 1 aliphatic heterocycles. The maximum absolute atomic E-state index is 11.2. The summed E-state index contributed by atoms with van der Waals surface area (Å²) in [4.78, 5) is 11.2. The summed E-state index contributed by atoms with van der Waals surface area (Å²) in [6.07, 6.45) is 9.11. The highest BCUT2D eigenvalue weighted by molar-refractivity contribution is 5.83. The first-order chi connectivity index (χ1) is 7.27. The Bertz CT molecular complexity index is 317. The van der Waals surface area contributed by atoms with E-state index in [9.17, 15) is 4.79 Å². The lowest BCUT2D eigenvalue weighted by molar-refractivity contribution is -0.134. The minimum Gasteiger partial charge on any atom is -0.466 e. The summed E-state index contributed by atoms with van der Waals surface area (Å²) in [6, 6.07) is 0. The first-order valence-corrected chi connectivity index (χ1v) is 5.29. The molecule has 1 saturated heterocycles. The average Bonchev–Trinajstić information content (AvgIpc) is 2.63. The monoisotopic (exact) mass is 208 g/mol. The first-order valence-electron chi connectivity index (χ1n) is 5.29. The van der Waals surface area contributed by atoms with Crippen LogP contribution in [0.5, 0.6) is 0 Å².